The predicted octanol–water partition coefficient (Wildman–Crippen LogP) is 7.93. The zero-order chi connectivity index (χ0) is 71.9. The average Bonchev–Trinajstić information content (AvgIpc) is 1.63. The van der Waals surface area contributed by atoms with Crippen LogP contribution in [0.4, 0.5) is 33.1 Å². The van der Waals surface area contributed by atoms with Crippen molar-refractivity contribution in [3.05, 3.63) is 188 Å². The molecule has 0 aliphatic carbocycles. The highest BCUT2D eigenvalue weighted by Crippen LogP contribution is 2.34. The predicted molar refractivity (Wildman–Crippen MR) is 373 cm³/mol. The molecule has 3 aliphatic rings. The van der Waals surface area contributed by atoms with Gasteiger partial charge in [-0.05, 0) is 107 Å². The summed E-state index contributed by atoms with van der Waals surface area (Å²) >= 11 is 0. The van der Waals surface area contributed by atoms with Crippen LogP contribution in [0.15, 0.2) is 116 Å². The number of hydrogen-bond acceptors (Lipinski definition) is 18. The summed E-state index contributed by atoms with van der Waals surface area (Å²) in [4.78, 5) is 114. The Morgan fingerprint density at radius 1 is 0.560 bits per heavy atom. The molecule has 0 atom stereocenters. The third-order valence-corrected chi connectivity index (χ3v) is 15.9. The molecule has 9 N–H and O–H groups in total. The smallest absolute Gasteiger partial charge is 0.417 e. The molecule has 26 heteroatoms. The Balaban J connectivity index is 0.000000164. The van der Waals surface area contributed by atoms with E-state index < -0.39 is 41.2 Å². The number of carboxylic acid groups (broad SMARTS) is 1. The van der Waals surface area contributed by atoms with Gasteiger partial charge in [0.25, 0.3) is 17.7 Å². The van der Waals surface area contributed by atoms with Crippen LogP contribution in [0.1, 0.15) is 129 Å². The second-order valence-corrected chi connectivity index (χ2v) is 25.4. The molecular formula is C74H72N16O10. The quantitative estimate of drug-likeness (QED) is 0.0786. The van der Waals surface area contributed by atoms with E-state index >= 15 is 0 Å². The van der Waals surface area contributed by atoms with Crippen molar-refractivity contribution in [3.8, 4) is 70.2 Å². The first-order valence-electron chi connectivity index (χ1n) is 31.6. The summed E-state index contributed by atoms with van der Waals surface area (Å²) in [6.45, 7) is 11.5. The number of nitrogens with zero attached hydrogens (tertiary/aromatic N) is 11. The summed E-state index contributed by atoms with van der Waals surface area (Å²) in [6.07, 6.45) is 10.6. The minimum atomic E-state index is -0.924. The number of nitrogen functional groups attached to an aromatic ring is 3. The van der Waals surface area contributed by atoms with Gasteiger partial charge in [0.05, 0.1) is 63.3 Å². The molecule has 9 aromatic rings. The number of aromatic nitrogens is 9. The van der Waals surface area contributed by atoms with Gasteiger partial charge >= 0.3 is 18.2 Å². The van der Waals surface area contributed by atoms with E-state index in [9.17, 15) is 33.6 Å². The van der Waals surface area contributed by atoms with Crippen molar-refractivity contribution < 1.29 is 48.1 Å². The molecule has 26 nitrogen and oxygen atoms in total. The molecule has 508 valence electrons. The van der Waals surface area contributed by atoms with E-state index in [1.807, 2.05) is 95.5 Å². The van der Waals surface area contributed by atoms with Crippen molar-refractivity contribution in [2.75, 3.05) is 42.2 Å². The van der Waals surface area contributed by atoms with Crippen molar-refractivity contribution in [2.45, 2.75) is 84.8 Å². The van der Waals surface area contributed by atoms with Crippen molar-refractivity contribution in [1.82, 2.24) is 58.7 Å². The van der Waals surface area contributed by atoms with Crippen LogP contribution < -0.4 is 27.8 Å². The summed E-state index contributed by atoms with van der Waals surface area (Å²) in [5, 5.41) is 14.8. The maximum atomic E-state index is 13.2. The Bertz CT molecular complexity index is 4950. The first-order chi connectivity index (χ1) is 47.5. The van der Waals surface area contributed by atoms with Crippen LogP contribution in [0.5, 0.6) is 0 Å². The Hall–Kier alpha value is -12.9. The standard InChI is InChI=1S/C28H24N6O2.C27H27N5O5.C19H21N5O3/c1-34-23-12-13-30-27(36)22(23)16-24(34)26-20(17-31-28(29)33-26)11-10-18-6-5-7-19(14-18)15-25(35)32-21-8-3-2-4-9-21;1-27(2,3)37-26(36)32-11-10-20-19(24(32)35)14-21(31(20)4)23-18(15-29-25(28)30-23)9-8-16-6-5-7-17(12-16)13-22(33)34;1-6-11-10-21-17(20)22-15(11)14-9-12-13(23(14)5)7-8-24(16(12)25)18(26)27-19(2,3)4/h2-9,14,16-17H,12-13,15H2,1H3,(H,30,36)(H,32,35)(H2,29,31,33);5-7,12,14-15H,10-11,13H2,1-4H3,(H,33,34)(H2,28,29,30);1,9-10H,7-8H2,2-5H3,(H2,20,21,22). The van der Waals surface area contributed by atoms with Crippen LogP contribution in [0, 0.1) is 36.0 Å². The average molecular weight is 1350 g/mol. The lowest BCUT2D eigenvalue weighted by atomic mass is 10.1. The number of fused-ring (bicyclic) bond motifs is 3. The van der Waals surface area contributed by atoms with Gasteiger partial charge in [-0.25, -0.2) is 49.3 Å². The number of nitrogens with one attached hydrogen (secondary N) is 2. The van der Waals surface area contributed by atoms with Gasteiger partial charge in [0.15, 0.2) is 0 Å². The molecule has 0 bridgehead atoms. The van der Waals surface area contributed by atoms with Gasteiger partial charge < -0.3 is 56.1 Å². The summed E-state index contributed by atoms with van der Waals surface area (Å²) in [6, 6.07) is 29.0. The van der Waals surface area contributed by atoms with Gasteiger partial charge in [0.2, 0.25) is 23.8 Å². The molecule has 3 aromatic carbocycles. The summed E-state index contributed by atoms with van der Waals surface area (Å²) in [5.41, 5.74) is 28.7. The zero-order valence-corrected chi connectivity index (χ0v) is 56.5. The third kappa shape index (κ3) is 16.3. The second kappa shape index (κ2) is 29.2. The topological polar surface area (TPSA) is 359 Å². The number of carbonyl (C=O) groups is 7. The monoisotopic (exact) mass is 1340 g/mol. The van der Waals surface area contributed by atoms with Crippen LogP contribution in [-0.4, -0.2) is 131 Å². The maximum absolute atomic E-state index is 13.2. The summed E-state index contributed by atoms with van der Waals surface area (Å²) < 4.78 is 16.4. The normalized spacial score (nSPS) is 12.9. The lowest BCUT2D eigenvalue weighted by Gasteiger charge is -2.28. The highest BCUT2D eigenvalue weighted by atomic mass is 16.6. The Labute approximate surface area is 576 Å². The number of ether oxygens (including phenoxy) is 2. The molecule has 0 fully saturated rings. The zero-order valence-electron chi connectivity index (χ0n) is 56.5. The number of amides is 6. The van der Waals surface area contributed by atoms with Gasteiger partial charge in [-0.2, -0.15) is 0 Å². The number of benzene rings is 3. The van der Waals surface area contributed by atoms with E-state index in [4.69, 9.17) is 38.2 Å². The molecule has 12 rings (SSSR count). The highest BCUT2D eigenvalue weighted by Gasteiger charge is 2.37. The van der Waals surface area contributed by atoms with Crippen LogP contribution >= 0.6 is 0 Å². The number of carboxylic acids is 1. The van der Waals surface area contributed by atoms with E-state index in [-0.39, 0.29) is 55.6 Å². The molecule has 0 saturated carbocycles. The fraction of sp³-hybridized carbons (Fsp3) is 0.257. The first kappa shape index (κ1) is 69.9. The van der Waals surface area contributed by atoms with Gasteiger partial charge in [0, 0.05) is 113 Å². The number of anilines is 4. The van der Waals surface area contributed by atoms with E-state index in [2.05, 4.69) is 70.1 Å². The summed E-state index contributed by atoms with van der Waals surface area (Å²) in [5.74, 6) is 13.2. The van der Waals surface area contributed by atoms with E-state index in [1.165, 1.54) is 12.4 Å². The van der Waals surface area contributed by atoms with Crippen molar-refractivity contribution in [1.29, 1.82) is 0 Å². The fourth-order valence-electron chi connectivity index (χ4n) is 11.3. The Kier molecular flexibility index (Phi) is 20.4. The SMILES string of the molecule is C#Cc1cnc(N)nc1-c1cc2c(n1C)CCN(C(=O)OC(C)(C)C)C2=O.Cn1c(-c2nc(N)ncc2C#Cc2cccc(CC(=O)Nc3ccccc3)c2)cc2c1CCNC2=O.Cn1c(-c2nc(N)ncc2C#Cc2cccc(CC(=O)O)c2)cc2c1CCN(C(=O)OC(C)(C)C)C2=O. The van der Waals surface area contributed by atoms with E-state index in [0.717, 1.165) is 55.8 Å². The molecule has 9 heterocycles. The third-order valence-electron chi connectivity index (χ3n) is 15.9. The number of aliphatic carboxylic acids is 1. The largest absolute Gasteiger partial charge is 0.481 e. The molecule has 0 spiro atoms. The molecule has 0 radical (unpaired) electrons. The van der Waals surface area contributed by atoms with Crippen molar-refractivity contribution in [3.63, 3.8) is 0 Å². The lowest BCUT2D eigenvalue weighted by Crippen LogP contribution is -2.44. The van der Waals surface area contributed by atoms with Gasteiger partial charge in [0.1, 0.15) is 28.3 Å². The van der Waals surface area contributed by atoms with Crippen LogP contribution in [-0.2, 0) is 72.3 Å². The number of para-hydroxylation sites is 1. The molecule has 3 aliphatic heterocycles. The molecule has 100 heavy (non-hydrogen) atoms. The number of nitrogens with two attached hydrogens (primary N) is 3. The Morgan fingerprint density at radius 3 is 1.41 bits per heavy atom. The van der Waals surface area contributed by atoms with Crippen molar-refractivity contribution >= 4 is 65.3 Å². The second-order valence-electron chi connectivity index (χ2n) is 25.4. The molecular weight excluding hydrogens is 1270 g/mol. The number of hydrogen-bond donors (Lipinski definition) is 6. The highest BCUT2D eigenvalue weighted by molar-refractivity contribution is 6.07. The number of carbonyl (C=O) groups excluding carboxylic acids is 6. The van der Waals surface area contributed by atoms with Gasteiger partial charge in [-0.1, -0.05) is 72.1 Å². The van der Waals surface area contributed by atoms with Crippen LogP contribution in [0.3, 0.4) is 0 Å². The molecule has 6 amide bonds. The molecule has 0 unspecified atom stereocenters. The first-order valence-corrected chi connectivity index (χ1v) is 31.6. The van der Waals surface area contributed by atoms with Crippen LogP contribution in [0.2, 0.25) is 0 Å². The van der Waals surface area contributed by atoms with E-state index in [0.29, 0.717) is 92.4 Å². The molecule has 6 aromatic heterocycles. The van der Waals surface area contributed by atoms with Crippen molar-refractivity contribution in [2.24, 2.45) is 21.1 Å². The van der Waals surface area contributed by atoms with E-state index in [1.54, 1.807) is 84.1 Å². The molecule has 0 saturated heterocycles. The minimum Gasteiger partial charge on any atom is -0.481 e. The maximum Gasteiger partial charge on any atom is 0.417 e. The number of imide groups is 2. The van der Waals surface area contributed by atoms with Gasteiger partial charge in [-0.15, -0.1) is 6.42 Å². The Morgan fingerprint density at radius 2 is 0.980 bits per heavy atom. The lowest BCUT2D eigenvalue weighted by molar-refractivity contribution is -0.136. The number of terminal acetylenes is 1. The fourth-order valence-corrected chi connectivity index (χ4v) is 11.3. The minimum absolute atomic E-state index is 0.0462. The number of rotatable bonds is 8. The van der Waals surface area contributed by atoms with Crippen LogP contribution in [0.25, 0.3) is 34.2 Å². The van der Waals surface area contributed by atoms with Gasteiger partial charge in [-0.3, -0.25) is 24.0 Å². The summed E-state index contributed by atoms with van der Waals surface area (Å²) in [7, 11) is 5.55.